The van der Waals surface area contributed by atoms with E-state index in [9.17, 15) is 4.79 Å². The molecule has 2 rings (SSSR count). The SMILES string of the molecule is CC(=O)CCc1nc(-c2ccccc2)c(C)[nH]1. The van der Waals surface area contributed by atoms with Crippen molar-refractivity contribution in [3.8, 4) is 11.3 Å². The van der Waals surface area contributed by atoms with Crippen LogP contribution in [0.3, 0.4) is 0 Å². The molecule has 2 aromatic rings. The lowest BCUT2D eigenvalue weighted by atomic mass is 10.1. The number of benzene rings is 1. The number of H-pyrrole nitrogens is 1. The van der Waals surface area contributed by atoms with Crippen LogP contribution in [0.1, 0.15) is 24.9 Å². The Labute approximate surface area is 101 Å². The molecule has 17 heavy (non-hydrogen) atoms. The van der Waals surface area contributed by atoms with Crippen molar-refractivity contribution < 1.29 is 4.79 Å². The maximum absolute atomic E-state index is 10.9. The molecule has 0 saturated heterocycles. The fourth-order valence-electron chi connectivity index (χ4n) is 1.81. The summed E-state index contributed by atoms with van der Waals surface area (Å²) in [7, 11) is 0. The molecule has 0 amide bonds. The molecule has 0 unspecified atom stereocenters. The van der Waals surface area contributed by atoms with Gasteiger partial charge in [0.05, 0.1) is 5.69 Å². The molecule has 88 valence electrons. The summed E-state index contributed by atoms with van der Waals surface area (Å²) >= 11 is 0. The van der Waals surface area contributed by atoms with Crippen LogP contribution >= 0.6 is 0 Å². The van der Waals surface area contributed by atoms with Crippen molar-refractivity contribution >= 4 is 5.78 Å². The Morgan fingerprint density at radius 2 is 2.00 bits per heavy atom. The van der Waals surface area contributed by atoms with E-state index in [4.69, 9.17) is 0 Å². The monoisotopic (exact) mass is 228 g/mol. The summed E-state index contributed by atoms with van der Waals surface area (Å²) in [6, 6.07) is 10.1. The van der Waals surface area contributed by atoms with E-state index >= 15 is 0 Å². The van der Waals surface area contributed by atoms with Crippen LogP contribution in [0.5, 0.6) is 0 Å². The van der Waals surface area contributed by atoms with Crippen molar-refractivity contribution in [2.75, 3.05) is 0 Å². The number of hydrogen-bond donors (Lipinski definition) is 1. The number of ketones is 1. The minimum absolute atomic E-state index is 0.195. The van der Waals surface area contributed by atoms with Crippen molar-refractivity contribution in [2.24, 2.45) is 0 Å². The van der Waals surface area contributed by atoms with E-state index in [2.05, 4.69) is 9.97 Å². The van der Waals surface area contributed by atoms with Gasteiger partial charge in [-0.3, -0.25) is 0 Å². The number of aromatic nitrogens is 2. The Morgan fingerprint density at radius 1 is 1.29 bits per heavy atom. The summed E-state index contributed by atoms with van der Waals surface area (Å²) in [4.78, 5) is 18.7. The Balaban J connectivity index is 2.22. The molecule has 0 aliphatic heterocycles. The molecular formula is C14H16N2O. The van der Waals surface area contributed by atoms with Gasteiger partial charge in [0.15, 0.2) is 0 Å². The highest BCUT2D eigenvalue weighted by molar-refractivity contribution is 5.75. The molecule has 1 heterocycles. The van der Waals surface area contributed by atoms with Gasteiger partial charge in [0.25, 0.3) is 0 Å². The molecule has 0 bridgehead atoms. The van der Waals surface area contributed by atoms with E-state index in [0.717, 1.165) is 22.8 Å². The van der Waals surface area contributed by atoms with Crippen LogP contribution in [0.25, 0.3) is 11.3 Å². The molecule has 0 fully saturated rings. The van der Waals surface area contributed by atoms with Crippen molar-refractivity contribution in [2.45, 2.75) is 26.7 Å². The smallest absolute Gasteiger partial charge is 0.130 e. The van der Waals surface area contributed by atoms with Crippen LogP contribution in [0.4, 0.5) is 0 Å². The highest BCUT2D eigenvalue weighted by atomic mass is 16.1. The number of carbonyl (C=O) groups is 1. The number of nitrogens with one attached hydrogen (secondary N) is 1. The quantitative estimate of drug-likeness (QED) is 0.874. The van der Waals surface area contributed by atoms with Gasteiger partial charge in [0, 0.05) is 24.1 Å². The summed E-state index contributed by atoms with van der Waals surface area (Å²) < 4.78 is 0. The number of aryl methyl sites for hydroxylation is 2. The van der Waals surface area contributed by atoms with Gasteiger partial charge in [-0.05, 0) is 13.8 Å². The largest absolute Gasteiger partial charge is 0.346 e. The molecule has 0 saturated carbocycles. The molecule has 1 N–H and O–H groups in total. The van der Waals surface area contributed by atoms with Crippen LogP contribution in [0, 0.1) is 6.92 Å². The summed E-state index contributed by atoms with van der Waals surface area (Å²) in [6.45, 7) is 3.61. The maximum Gasteiger partial charge on any atom is 0.130 e. The van der Waals surface area contributed by atoms with E-state index in [1.165, 1.54) is 0 Å². The van der Waals surface area contributed by atoms with Crippen LogP contribution in [-0.2, 0) is 11.2 Å². The van der Waals surface area contributed by atoms with E-state index in [0.29, 0.717) is 12.8 Å². The van der Waals surface area contributed by atoms with Gasteiger partial charge in [0.1, 0.15) is 11.6 Å². The normalized spacial score (nSPS) is 10.5. The van der Waals surface area contributed by atoms with Crippen molar-refractivity contribution in [1.82, 2.24) is 9.97 Å². The number of Topliss-reactive ketones (excluding diaryl/α,β-unsaturated/α-hetero) is 1. The van der Waals surface area contributed by atoms with Crippen LogP contribution in [0.15, 0.2) is 30.3 Å². The fraction of sp³-hybridized carbons (Fsp3) is 0.286. The predicted molar refractivity (Wildman–Crippen MR) is 67.8 cm³/mol. The topological polar surface area (TPSA) is 45.8 Å². The second-order valence-electron chi connectivity index (χ2n) is 4.23. The number of rotatable bonds is 4. The second-order valence-corrected chi connectivity index (χ2v) is 4.23. The average molecular weight is 228 g/mol. The van der Waals surface area contributed by atoms with E-state index in [1.807, 2.05) is 37.3 Å². The fourth-order valence-corrected chi connectivity index (χ4v) is 1.81. The molecule has 3 heteroatoms. The highest BCUT2D eigenvalue weighted by Gasteiger charge is 2.08. The molecule has 1 aromatic heterocycles. The van der Waals surface area contributed by atoms with Crippen LogP contribution in [-0.4, -0.2) is 15.8 Å². The van der Waals surface area contributed by atoms with Crippen LogP contribution < -0.4 is 0 Å². The number of carbonyl (C=O) groups excluding carboxylic acids is 1. The first-order chi connectivity index (χ1) is 8.16. The first kappa shape index (κ1) is 11.6. The maximum atomic E-state index is 10.9. The number of hydrogen-bond acceptors (Lipinski definition) is 2. The van der Waals surface area contributed by atoms with Gasteiger partial charge in [0.2, 0.25) is 0 Å². The number of imidazole rings is 1. The van der Waals surface area contributed by atoms with Gasteiger partial charge in [-0.25, -0.2) is 4.98 Å². The summed E-state index contributed by atoms with van der Waals surface area (Å²) in [5, 5.41) is 0. The summed E-state index contributed by atoms with van der Waals surface area (Å²) in [6.07, 6.45) is 1.23. The minimum atomic E-state index is 0.195. The van der Waals surface area contributed by atoms with Crippen LogP contribution in [0.2, 0.25) is 0 Å². The Kier molecular flexibility index (Phi) is 3.38. The van der Waals surface area contributed by atoms with Gasteiger partial charge in [-0.1, -0.05) is 30.3 Å². The third kappa shape index (κ3) is 2.81. The van der Waals surface area contributed by atoms with Gasteiger partial charge in [-0.15, -0.1) is 0 Å². The van der Waals surface area contributed by atoms with Gasteiger partial charge >= 0.3 is 0 Å². The molecule has 1 aromatic carbocycles. The van der Waals surface area contributed by atoms with Gasteiger partial charge in [-0.2, -0.15) is 0 Å². The third-order valence-electron chi connectivity index (χ3n) is 2.69. The van der Waals surface area contributed by atoms with E-state index in [-0.39, 0.29) is 5.78 Å². The lowest BCUT2D eigenvalue weighted by molar-refractivity contribution is -0.117. The Hall–Kier alpha value is -1.90. The van der Waals surface area contributed by atoms with Crippen molar-refractivity contribution in [3.63, 3.8) is 0 Å². The third-order valence-corrected chi connectivity index (χ3v) is 2.69. The highest BCUT2D eigenvalue weighted by Crippen LogP contribution is 2.20. The Bertz CT molecular complexity index is 514. The molecule has 0 atom stereocenters. The zero-order valence-electron chi connectivity index (χ0n) is 10.2. The molecule has 0 spiro atoms. The minimum Gasteiger partial charge on any atom is -0.346 e. The number of aromatic amines is 1. The van der Waals surface area contributed by atoms with Crippen molar-refractivity contribution in [1.29, 1.82) is 0 Å². The number of nitrogens with zero attached hydrogens (tertiary/aromatic N) is 1. The molecule has 0 radical (unpaired) electrons. The summed E-state index contributed by atoms with van der Waals surface area (Å²) in [5.41, 5.74) is 3.13. The van der Waals surface area contributed by atoms with Gasteiger partial charge < -0.3 is 9.78 Å². The predicted octanol–water partition coefficient (Wildman–Crippen LogP) is 2.91. The summed E-state index contributed by atoms with van der Waals surface area (Å²) in [5.74, 6) is 1.08. The lowest BCUT2D eigenvalue weighted by Gasteiger charge is -1.96. The zero-order valence-corrected chi connectivity index (χ0v) is 10.2. The first-order valence-corrected chi connectivity index (χ1v) is 5.77. The van der Waals surface area contributed by atoms with Crippen molar-refractivity contribution in [3.05, 3.63) is 41.9 Å². The second kappa shape index (κ2) is 4.95. The zero-order chi connectivity index (χ0) is 12.3. The molecule has 3 nitrogen and oxygen atoms in total. The molecule has 0 aliphatic rings. The molecular weight excluding hydrogens is 212 g/mol. The lowest BCUT2D eigenvalue weighted by Crippen LogP contribution is -1.95. The first-order valence-electron chi connectivity index (χ1n) is 5.77. The van der Waals surface area contributed by atoms with E-state index < -0.39 is 0 Å². The standard InChI is InChI=1S/C14H16N2O/c1-10(17)8-9-13-15-11(2)14(16-13)12-6-4-3-5-7-12/h3-7H,8-9H2,1-2H3,(H,15,16). The Morgan fingerprint density at radius 3 is 2.65 bits per heavy atom. The molecule has 0 aliphatic carbocycles. The van der Waals surface area contributed by atoms with E-state index in [1.54, 1.807) is 6.92 Å². The average Bonchev–Trinajstić information content (AvgIpc) is 2.69.